The lowest BCUT2D eigenvalue weighted by atomic mass is 10.1. The summed E-state index contributed by atoms with van der Waals surface area (Å²) in [6, 6.07) is 6.19. The van der Waals surface area contributed by atoms with Gasteiger partial charge in [-0.1, -0.05) is 12.1 Å². The SMILES string of the molecule is OCCCSCCNC1CCc2c(O)cccc21. The van der Waals surface area contributed by atoms with Crippen molar-refractivity contribution >= 4 is 11.8 Å². The van der Waals surface area contributed by atoms with Crippen molar-refractivity contribution < 1.29 is 10.2 Å². The van der Waals surface area contributed by atoms with E-state index in [1.54, 1.807) is 6.07 Å². The Kier molecular flexibility index (Phi) is 5.35. The van der Waals surface area contributed by atoms with E-state index in [9.17, 15) is 5.11 Å². The van der Waals surface area contributed by atoms with Crippen molar-refractivity contribution in [3.8, 4) is 5.75 Å². The largest absolute Gasteiger partial charge is 0.508 e. The summed E-state index contributed by atoms with van der Waals surface area (Å²) in [5.74, 6) is 2.54. The van der Waals surface area contributed by atoms with Gasteiger partial charge < -0.3 is 15.5 Å². The number of hydrogen-bond acceptors (Lipinski definition) is 4. The zero-order valence-corrected chi connectivity index (χ0v) is 11.4. The Labute approximate surface area is 113 Å². The molecule has 4 heteroatoms. The Morgan fingerprint density at radius 2 is 2.22 bits per heavy atom. The standard InChI is InChI=1S/C14H21NO2S/c16-8-2-9-18-10-7-15-13-6-5-12-11(13)3-1-4-14(12)17/h1,3-4,13,15-17H,2,5-10H2. The van der Waals surface area contributed by atoms with Crippen molar-refractivity contribution in [3.05, 3.63) is 29.3 Å². The molecule has 3 nitrogen and oxygen atoms in total. The van der Waals surface area contributed by atoms with E-state index in [0.29, 0.717) is 11.8 Å². The molecule has 18 heavy (non-hydrogen) atoms. The third-order valence-corrected chi connectivity index (χ3v) is 4.40. The average molecular weight is 267 g/mol. The molecule has 1 aliphatic rings. The molecule has 0 bridgehead atoms. The van der Waals surface area contributed by atoms with E-state index in [0.717, 1.165) is 42.9 Å². The van der Waals surface area contributed by atoms with Crippen molar-refractivity contribution in [2.75, 3.05) is 24.7 Å². The molecule has 0 saturated heterocycles. The maximum atomic E-state index is 9.76. The third-order valence-electron chi connectivity index (χ3n) is 3.33. The summed E-state index contributed by atoms with van der Waals surface area (Å²) in [6.45, 7) is 1.27. The lowest BCUT2D eigenvalue weighted by Crippen LogP contribution is -2.22. The number of hydrogen-bond donors (Lipinski definition) is 3. The van der Waals surface area contributed by atoms with Gasteiger partial charge in [0, 0.05) is 24.9 Å². The van der Waals surface area contributed by atoms with Crippen LogP contribution in [0, 0.1) is 0 Å². The summed E-state index contributed by atoms with van der Waals surface area (Å²) in [5.41, 5.74) is 2.37. The number of phenolic OH excluding ortho intramolecular Hbond substituents is 1. The highest BCUT2D eigenvalue weighted by Crippen LogP contribution is 2.36. The van der Waals surface area contributed by atoms with E-state index in [-0.39, 0.29) is 6.61 Å². The van der Waals surface area contributed by atoms with Crippen LogP contribution in [0.1, 0.15) is 30.0 Å². The zero-order valence-electron chi connectivity index (χ0n) is 10.6. The summed E-state index contributed by atoms with van der Waals surface area (Å²) < 4.78 is 0. The van der Waals surface area contributed by atoms with E-state index in [1.807, 2.05) is 17.8 Å². The van der Waals surface area contributed by atoms with Crippen LogP contribution in [0.3, 0.4) is 0 Å². The molecular weight excluding hydrogens is 246 g/mol. The Morgan fingerprint density at radius 1 is 1.33 bits per heavy atom. The molecule has 1 aliphatic carbocycles. The molecule has 1 aromatic rings. The van der Waals surface area contributed by atoms with Crippen molar-refractivity contribution in [2.24, 2.45) is 0 Å². The molecule has 0 heterocycles. The van der Waals surface area contributed by atoms with E-state index in [1.165, 1.54) is 5.56 Å². The highest BCUT2D eigenvalue weighted by Gasteiger charge is 2.23. The molecule has 3 N–H and O–H groups in total. The highest BCUT2D eigenvalue weighted by molar-refractivity contribution is 7.99. The Balaban J connectivity index is 1.75. The van der Waals surface area contributed by atoms with Crippen molar-refractivity contribution in [3.63, 3.8) is 0 Å². The number of aliphatic hydroxyl groups is 1. The van der Waals surface area contributed by atoms with Gasteiger partial charge in [-0.05, 0) is 42.2 Å². The molecule has 1 atom stereocenters. The second-order valence-corrected chi connectivity index (χ2v) is 5.80. The van der Waals surface area contributed by atoms with Crippen LogP contribution in [0.5, 0.6) is 5.75 Å². The average Bonchev–Trinajstić information content (AvgIpc) is 2.79. The normalized spacial score (nSPS) is 17.9. The minimum atomic E-state index is 0.287. The van der Waals surface area contributed by atoms with Crippen LogP contribution < -0.4 is 5.32 Å². The molecule has 1 unspecified atom stereocenters. The van der Waals surface area contributed by atoms with Gasteiger partial charge in [-0.2, -0.15) is 11.8 Å². The van der Waals surface area contributed by atoms with Gasteiger partial charge in [0.25, 0.3) is 0 Å². The van der Waals surface area contributed by atoms with Gasteiger partial charge in [0.2, 0.25) is 0 Å². The predicted octanol–water partition coefficient (Wildman–Crippen LogP) is 2.08. The maximum Gasteiger partial charge on any atom is 0.119 e. The Morgan fingerprint density at radius 3 is 3.06 bits per heavy atom. The lowest BCUT2D eigenvalue weighted by Gasteiger charge is -2.14. The van der Waals surface area contributed by atoms with E-state index in [4.69, 9.17) is 5.11 Å². The first-order chi connectivity index (χ1) is 8.83. The molecule has 0 aliphatic heterocycles. The first-order valence-electron chi connectivity index (χ1n) is 6.55. The number of phenols is 1. The number of aliphatic hydroxyl groups excluding tert-OH is 1. The minimum absolute atomic E-state index is 0.287. The number of aromatic hydroxyl groups is 1. The van der Waals surface area contributed by atoms with Gasteiger partial charge in [0.1, 0.15) is 5.75 Å². The Bertz CT molecular complexity index is 384. The summed E-state index contributed by atoms with van der Waals surface area (Å²) in [4.78, 5) is 0. The molecule has 0 spiro atoms. The summed E-state index contributed by atoms with van der Waals surface area (Å²) >= 11 is 1.87. The van der Waals surface area contributed by atoms with Crippen molar-refractivity contribution in [1.29, 1.82) is 0 Å². The number of nitrogens with one attached hydrogen (secondary N) is 1. The molecule has 100 valence electrons. The first kappa shape index (κ1) is 13.7. The number of fused-ring (bicyclic) bond motifs is 1. The van der Waals surface area contributed by atoms with Gasteiger partial charge in [0.15, 0.2) is 0 Å². The molecule has 0 amide bonds. The van der Waals surface area contributed by atoms with E-state index in [2.05, 4.69) is 11.4 Å². The molecule has 2 rings (SSSR count). The van der Waals surface area contributed by atoms with Crippen LogP contribution in [0.2, 0.25) is 0 Å². The van der Waals surface area contributed by atoms with Crippen LogP contribution in [0.15, 0.2) is 18.2 Å². The fourth-order valence-electron chi connectivity index (χ4n) is 2.42. The summed E-state index contributed by atoms with van der Waals surface area (Å²) in [5, 5.41) is 22.0. The third kappa shape index (κ3) is 3.40. The topological polar surface area (TPSA) is 52.5 Å². The highest BCUT2D eigenvalue weighted by atomic mass is 32.2. The lowest BCUT2D eigenvalue weighted by molar-refractivity contribution is 0.296. The minimum Gasteiger partial charge on any atom is -0.508 e. The number of thioether (sulfide) groups is 1. The van der Waals surface area contributed by atoms with Crippen molar-refractivity contribution in [1.82, 2.24) is 5.32 Å². The van der Waals surface area contributed by atoms with Gasteiger partial charge in [-0.15, -0.1) is 0 Å². The van der Waals surface area contributed by atoms with Gasteiger partial charge in [-0.3, -0.25) is 0 Å². The first-order valence-corrected chi connectivity index (χ1v) is 7.71. The summed E-state index contributed by atoms with van der Waals surface area (Å²) in [7, 11) is 0. The maximum absolute atomic E-state index is 9.76. The monoisotopic (exact) mass is 267 g/mol. The van der Waals surface area contributed by atoms with Gasteiger partial charge in [0.05, 0.1) is 0 Å². The second-order valence-electron chi connectivity index (χ2n) is 4.58. The molecule has 0 saturated carbocycles. The van der Waals surface area contributed by atoms with Crippen LogP contribution in [0.25, 0.3) is 0 Å². The van der Waals surface area contributed by atoms with Crippen LogP contribution in [0.4, 0.5) is 0 Å². The van der Waals surface area contributed by atoms with E-state index >= 15 is 0 Å². The predicted molar refractivity (Wildman–Crippen MR) is 76.2 cm³/mol. The fraction of sp³-hybridized carbons (Fsp3) is 0.571. The number of rotatable bonds is 7. The second kappa shape index (κ2) is 7.02. The molecule has 0 radical (unpaired) electrons. The van der Waals surface area contributed by atoms with Crippen molar-refractivity contribution in [2.45, 2.75) is 25.3 Å². The summed E-state index contributed by atoms with van der Waals surface area (Å²) in [6.07, 6.45) is 2.93. The molecule has 1 aromatic carbocycles. The van der Waals surface area contributed by atoms with Gasteiger partial charge in [-0.25, -0.2) is 0 Å². The van der Waals surface area contributed by atoms with Crippen LogP contribution in [-0.2, 0) is 6.42 Å². The smallest absolute Gasteiger partial charge is 0.119 e. The zero-order chi connectivity index (χ0) is 12.8. The quantitative estimate of drug-likeness (QED) is 0.662. The molecule has 0 aromatic heterocycles. The molecular formula is C14H21NO2S. The van der Waals surface area contributed by atoms with Crippen LogP contribution >= 0.6 is 11.8 Å². The van der Waals surface area contributed by atoms with E-state index < -0.39 is 0 Å². The Hall–Kier alpha value is -0.710. The van der Waals surface area contributed by atoms with Crippen LogP contribution in [-0.4, -0.2) is 34.9 Å². The fourth-order valence-corrected chi connectivity index (χ4v) is 3.22. The molecule has 0 fully saturated rings. The number of benzene rings is 1. The van der Waals surface area contributed by atoms with Gasteiger partial charge >= 0.3 is 0 Å².